The van der Waals surface area contributed by atoms with E-state index in [9.17, 15) is 0 Å². The second-order valence-corrected chi connectivity index (χ2v) is 4.38. The van der Waals surface area contributed by atoms with Gasteiger partial charge < -0.3 is 0 Å². The van der Waals surface area contributed by atoms with Crippen molar-refractivity contribution < 1.29 is 0 Å². The molecule has 0 nitrogen and oxygen atoms in total. The van der Waals surface area contributed by atoms with Crippen LogP contribution in [0.1, 0.15) is 40.0 Å². The zero-order chi connectivity index (χ0) is 11.7. The summed E-state index contributed by atoms with van der Waals surface area (Å²) < 4.78 is 0. The molecular weight excluding hydrogens is 180 g/mol. The van der Waals surface area contributed by atoms with E-state index in [1.54, 1.807) is 0 Å². The van der Waals surface area contributed by atoms with E-state index in [1.807, 2.05) is 6.08 Å². The Morgan fingerprint density at radius 2 is 2.00 bits per heavy atom. The number of allylic oxidation sites excluding steroid dienone is 6. The molecule has 15 heavy (non-hydrogen) atoms. The van der Waals surface area contributed by atoms with Gasteiger partial charge in [-0.15, -0.1) is 0 Å². The maximum Gasteiger partial charge on any atom is -0.0250 e. The van der Waals surface area contributed by atoms with Crippen LogP contribution in [0.4, 0.5) is 0 Å². The van der Waals surface area contributed by atoms with Crippen LogP contribution in [0.25, 0.3) is 0 Å². The van der Waals surface area contributed by atoms with Gasteiger partial charge in [0.25, 0.3) is 0 Å². The van der Waals surface area contributed by atoms with Crippen molar-refractivity contribution >= 4 is 0 Å². The Hall–Kier alpha value is -1.04. The summed E-state index contributed by atoms with van der Waals surface area (Å²) in [4.78, 5) is 0. The summed E-state index contributed by atoms with van der Waals surface area (Å²) in [7, 11) is 0. The summed E-state index contributed by atoms with van der Waals surface area (Å²) in [6.45, 7) is 14.2. The molecule has 0 radical (unpaired) electrons. The van der Waals surface area contributed by atoms with Crippen LogP contribution in [0, 0.1) is 5.92 Å². The molecule has 0 aromatic carbocycles. The summed E-state index contributed by atoms with van der Waals surface area (Å²) in [5.74, 6) is 0.745. The van der Waals surface area contributed by atoms with Crippen LogP contribution in [0.2, 0.25) is 0 Å². The monoisotopic (exact) mass is 204 g/mol. The minimum absolute atomic E-state index is 0.745. The Bertz CT molecular complexity index is 251. The maximum absolute atomic E-state index is 3.89. The molecule has 0 saturated heterocycles. The highest BCUT2D eigenvalue weighted by Gasteiger charge is 1.89. The Labute approximate surface area is 95.1 Å². The van der Waals surface area contributed by atoms with Crippen molar-refractivity contribution in [2.75, 3.05) is 0 Å². The number of hydrogen-bond donors (Lipinski definition) is 0. The molecule has 0 fully saturated rings. The lowest BCUT2D eigenvalue weighted by molar-refractivity contribution is 0.663. The lowest BCUT2D eigenvalue weighted by atomic mass is 10.1. The largest absolute Gasteiger partial charge is 0.0988 e. The van der Waals surface area contributed by atoms with Crippen LogP contribution in [0.3, 0.4) is 0 Å². The molecule has 0 aliphatic rings. The molecule has 0 saturated carbocycles. The molecule has 0 rings (SSSR count). The highest BCUT2D eigenvalue weighted by Crippen LogP contribution is 2.08. The van der Waals surface area contributed by atoms with Crippen molar-refractivity contribution in [1.29, 1.82) is 0 Å². The van der Waals surface area contributed by atoms with E-state index in [0.29, 0.717) is 0 Å². The molecule has 0 heterocycles. The van der Waals surface area contributed by atoms with Crippen LogP contribution in [-0.2, 0) is 0 Å². The van der Waals surface area contributed by atoms with Crippen molar-refractivity contribution in [3.8, 4) is 0 Å². The van der Waals surface area contributed by atoms with E-state index in [-0.39, 0.29) is 0 Å². The topological polar surface area (TPSA) is 0 Å². The fourth-order valence-electron chi connectivity index (χ4n) is 1.18. The fraction of sp³-hybridized carbons (Fsp3) is 0.467. The molecule has 0 aromatic heterocycles. The zero-order valence-corrected chi connectivity index (χ0v) is 10.4. The molecule has 0 heteroatoms. The number of rotatable bonds is 7. The molecule has 0 spiro atoms. The van der Waals surface area contributed by atoms with Gasteiger partial charge in [-0.05, 0) is 32.1 Å². The summed E-state index contributed by atoms with van der Waals surface area (Å²) >= 11 is 0. The third-order valence-electron chi connectivity index (χ3n) is 2.21. The molecular formula is C15H24. The van der Waals surface area contributed by atoms with Crippen molar-refractivity contribution in [3.63, 3.8) is 0 Å². The Morgan fingerprint density at radius 3 is 2.53 bits per heavy atom. The third kappa shape index (κ3) is 9.27. The van der Waals surface area contributed by atoms with Crippen LogP contribution in [-0.4, -0.2) is 0 Å². The summed E-state index contributed by atoms with van der Waals surface area (Å²) in [5, 5.41) is 0. The Morgan fingerprint density at radius 1 is 1.33 bits per heavy atom. The first-order valence-electron chi connectivity index (χ1n) is 5.69. The van der Waals surface area contributed by atoms with Crippen LogP contribution in [0.15, 0.2) is 48.6 Å². The molecule has 0 N–H and O–H groups in total. The molecule has 0 bridgehead atoms. The van der Waals surface area contributed by atoms with E-state index in [0.717, 1.165) is 30.8 Å². The average Bonchev–Trinajstić information content (AvgIpc) is 2.17. The summed E-state index contributed by atoms with van der Waals surface area (Å²) in [5.41, 5.74) is 2.46. The van der Waals surface area contributed by atoms with Gasteiger partial charge in [0.2, 0.25) is 0 Å². The second-order valence-electron chi connectivity index (χ2n) is 4.38. The van der Waals surface area contributed by atoms with Crippen molar-refractivity contribution in [2.45, 2.75) is 40.0 Å². The Kier molecular flexibility index (Phi) is 7.71. The van der Waals surface area contributed by atoms with Crippen LogP contribution < -0.4 is 0 Å². The van der Waals surface area contributed by atoms with Crippen molar-refractivity contribution in [1.82, 2.24) is 0 Å². The molecule has 0 atom stereocenters. The molecule has 0 amide bonds. The van der Waals surface area contributed by atoms with Gasteiger partial charge >= 0.3 is 0 Å². The standard InChI is InChI=1S/C15H24/c1-6-14(4)10-8-12-15(5)11-7-9-13(2)3/h6-7,11-13H,1,4,8-10H2,2-3,5H3. The lowest BCUT2D eigenvalue weighted by Gasteiger charge is -1.98. The van der Waals surface area contributed by atoms with Gasteiger partial charge in [-0.3, -0.25) is 0 Å². The smallest absolute Gasteiger partial charge is 0.0250 e. The molecule has 84 valence electrons. The van der Waals surface area contributed by atoms with Crippen LogP contribution in [0.5, 0.6) is 0 Å². The quantitative estimate of drug-likeness (QED) is 0.509. The average molecular weight is 204 g/mol. The number of hydrogen-bond acceptors (Lipinski definition) is 0. The second kappa shape index (κ2) is 8.28. The molecule has 0 aromatic rings. The SMILES string of the molecule is C=CC(=C)CCC=C(C)C=CCC(C)C. The minimum Gasteiger partial charge on any atom is -0.0988 e. The summed E-state index contributed by atoms with van der Waals surface area (Å²) in [6.07, 6.45) is 11.8. The maximum atomic E-state index is 3.89. The van der Waals surface area contributed by atoms with Gasteiger partial charge in [-0.25, -0.2) is 0 Å². The van der Waals surface area contributed by atoms with E-state index in [2.05, 4.69) is 52.2 Å². The first-order valence-corrected chi connectivity index (χ1v) is 5.69. The van der Waals surface area contributed by atoms with Crippen molar-refractivity contribution in [3.05, 3.63) is 48.6 Å². The Balaban J connectivity index is 3.83. The van der Waals surface area contributed by atoms with Gasteiger partial charge in [0.05, 0.1) is 0 Å². The summed E-state index contributed by atoms with van der Waals surface area (Å²) in [6, 6.07) is 0. The van der Waals surface area contributed by atoms with Crippen LogP contribution >= 0.6 is 0 Å². The van der Waals surface area contributed by atoms with E-state index in [1.165, 1.54) is 5.57 Å². The van der Waals surface area contributed by atoms with Gasteiger partial charge in [0.1, 0.15) is 0 Å². The minimum atomic E-state index is 0.745. The molecule has 0 unspecified atom stereocenters. The van der Waals surface area contributed by atoms with E-state index >= 15 is 0 Å². The zero-order valence-electron chi connectivity index (χ0n) is 10.4. The van der Waals surface area contributed by atoms with Gasteiger partial charge in [-0.1, -0.05) is 62.5 Å². The van der Waals surface area contributed by atoms with E-state index in [4.69, 9.17) is 0 Å². The normalized spacial score (nSPS) is 12.4. The fourth-order valence-corrected chi connectivity index (χ4v) is 1.18. The first kappa shape index (κ1) is 14.0. The van der Waals surface area contributed by atoms with Crippen molar-refractivity contribution in [2.24, 2.45) is 5.92 Å². The highest BCUT2D eigenvalue weighted by atomic mass is 14.0. The third-order valence-corrected chi connectivity index (χ3v) is 2.21. The first-order chi connectivity index (χ1) is 7.06. The molecule has 0 aliphatic heterocycles. The van der Waals surface area contributed by atoms with Gasteiger partial charge in [0.15, 0.2) is 0 Å². The van der Waals surface area contributed by atoms with Gasteiger partial charge in [-0.2, -0.15) is 0 Å². The predicted molar refractivity (Wildman–Crippen MR) is 70.9 cm³/mol. The van der Waals surface area contributed by atoms with Gasteiger partial charge in [0, 0.05) is 0 Å². The molecule has 0 aliphatic carbocycles. The highest BCUT2D eigenvalue weighted by molar-refractivity contribution is 5.17. The predicted octanol–water partition coefficient (Wildman–Crippen LogP) is 5.06. The lowest BCUT2D eigenvalue weighted by Crippen LogP contribution is -1.81. The van der Waals surface area contributed by atoms with E-state index < -0.39 is 0 Å².